The van der Waals surface area contributed by atoms with Crippen LogP contribution in [0.1, 0.15) is 27.6 Å². The van der Waals surface area contributed by atoms with Gasteiger partial charge in [0.15, 0.2) is 15.9 Å². The van der Waals surface area contributed by atoms with E-state index < -0.39 is 21.9 Å². The van der Waals surface area contributed by atoms with Crippen molar-refractivity contribution in [3.05, 3.63) is 64.7 Å². The molecule has 0 aliphatic carbocycles. The lowest BCUT2D eigenvalue weighted by molar-refractivity contribution is 0.0318. The van der Waals surface area contributed by atoms with Crippen molar-refractivity contribution in [2.75, 3.05) is 6.26 Å². The standard InChI is InChI=1S/C17H15ClO5S/c1-11(16(19)13-4-3-5-14(18)10-13)23-17(20)12-6-8-15(9-7-12)24(2,21)22/h3-11H,1-2H3. The number of rotatable bonds is 5. The first-order valence-corrected chi connectivity index (χ1v) is 9.26. The summed E-state index contributed by atoms with van der Waals surface area (Å²) in [5.74, 6) is -1.09. The lowest BCUT2D eigenvalue weighted by Crippen LogP contribution is -2.24. The number of ether oxygens (including phenoxy) is 1. The summed E-state index contributed by atoms with van der Waals surface area (Å²) in [6, 6.07) is 11.7. The molecule has 2 rings (SSSR count). The second-order valence-corrected chi connectivity index (χ2v) is 7.67. The molecule has 7 heteroatoms. The van der Waals surface area contributed by atoms with Crippen LogP contribution in [0.3, 0.4) is 0 Å². The molecule has 1 unspecified atom stereocenters. The van der Waals surface area contributed by atoms with Gasteiger partial charge in [0.05, 0.1) is 10.5 Å². The lowest BCUT2D eigenvalue weighted by atomic mass is 10.1. The Morgan fingerprint density at radius 1 is 1.04 bits per heavy atom. The van der Waals surface area contributed by atoms with Crippen LogP contribution < -0.4 is 0 Å². The molecule has 24 heavy (non-hydrogen) atoms. The quantitative estimate of drug-likeness (QED) is 0.600. The van der Waals surface area contributed by atoms with Crippen LogP contribution in [0.2, 0.25) is 5.02 Å². The van der Waals surface area contributed by atoms with Gasteiger partial charge >= 0.3 is 5.97 Å². The van der Waals surface area contributed by atoms with E-state index in [1.165, 1.54) is 37.3 Å². The molecule has 126 valence electrons. The summed E-state index contributed by atoms with van der Waals surface area (Å²) in [5.41, 5.74) is 0.503. The Morgan fingerprint density at radius 2 is 1.67 bits per heavy atom. The van der Waals surface area contributed by atoms with Crippen LogP contribution >= 0.6 is 11.6 Å². The van der Waals surface area contributed by atoms with Crippen molar-refractivity contribution >= 4 is 33.2 Å². The summed E-state index contributed by atoms with van der Waals surface area (Å²) in [6.45, 7) is 1.46. The number of carbonyl (C=O) groups is 2. The highest BCUT2D eigenvalue weighted by molar-refractivity contribution is 7.90. The van der Waals surface area contributed by atoms with Gasteiger partial charge in [-0.25, -0.2) is 13.2 Å². The number of halogens is 1. The van der Waals surface area contributed by atoms with Crippen molar-refractivity contribution in [1.29, 1.82) is 0 Å². The number of benzene rings is 2. The fourth-order valence-electron chi connectivity index (χ4n) is 2.00. The van der Waals surface area contributed by atoms with Gasteiger partial charge in [-0.15, -0.1) is 0 Å². The molecule has 0 aromatic heterocycles. The minimum Gasteiger partial charge on any atom is -0.451 e. The minimum atomic E-state index is -3.34. The van der Waals surface area contributed by atoms with Crippen molar-refractivity contribution in [2.45, 2.75) is 17.9 Å². The molecule has 0 fully saturated rings. The minimum absolute atomic E-state index is 0.0992. The molecule has 0 saturated carbocycles. The first-order valence-electron chi connectivity index (χ1n) is 6.99. The predicted molar refractivity (Wildman–Crippen MR) is 90.2 cm³/mol. The van der Waals surface area contributed by atoms with E-state index >= 15 is 0 Å². The van der Waals surface area contributed by atoms with Crippen LogP contribution in [0.15, 0.2) is 53.4 Å². The maximum Gasteiger partial charge on any atom is 0.338 e. The van der Waals surface area contributed by atoms with Crippen LogP contribution in [0.25, 0.3) is 0 Å². The molecule has 0 N–H and O–H groups in total. The van der Waals surface area contributed by atoms with Gasteiger partial charge in [-0.2, -0.15) is 0 Å². The summed E-state index contributed by atoms with van der Waals surface area (Å²) >= 11 is 5.84. The van der Waals surface area contributed by atoms with Gasteiger partial charge in [0.1, 0.15) is 0 Å². The number of ketones is 1. The summed E-state index contributed by atoms with van der Waals surface area (Å²) < 4.78 is 27.9. The molecule has 0 saturated heterocycles. The van der Waals surface area contributed by atoms with E-state index in [2.05, 4.69) is 0 Å². The predicted octanol–water partition coefficient (Wildman–Crippen LogP) is 3.17. The summed E-state index contributed by atoms with van der Waals surface area (Å²) in [5, 5.41) is 0.413. The van der Waals surface area contributed by atoms with Crippen LogP contribution in [-0.2, 0) is 14.6 Å². The Kier molecular flexibility index (Phi) is 5.41. The first kappa shape index (κ1) is 18.2. The van der Waals surface area contributed by atoms with E-state index in [1.807, 2.05) is 0 Å². The summed E-state index contributed by atoms with van der Waals surface area (Å²) in [6.07, 6.45) is 0.0806. The summed E-state index contributed by atoms with van der Waals surface area (Å²) in [7, 11) is -3.34. The zero-order valence-corrected chi connectivity index (χ0v) is 14.6. The molecule has 5 nitrogen and oxygen atoms in total. The maximum atomic E-state index is 12.2. The highest BCUT2D eigenvalue weighted by atomic mass is 35.5. The third kappa shape index (κ3) is 4.43. The normalized spacial score (nSPS) is 12.5. The average Bonchev–Trinajstić information content (AvgIpc) is 2.53. The second kappa shape index (κ2) is 7.15. The van der Waals surface area contributed by atoms with Crippen molar-refractivity contribution < 1.29 is 22.7 Å². The SMILES string of the molecule is CC(OC(=O)c1ccc(S(C)(=O)=O)cc1)C(=O)c1cccc(Cl)c1. The Morgan fingerprint density at radius 3 is 2.21 bits per heavy atom. The molecule has 2 aromatic carbocycles. The van der Waals surface area contributed by atoms with Gasteiger partial charge in [0.25, 0.3) is 0 Å². The van der Waals surface area contributed by atoms with E-state index in [0.717, 1.165) is 6.26 Å². The number of carbonyl (C=O) groups excluding carboxylic acids is 2. The zero-order chi connectivity index (χ0) is 17.9. The molecule has 0 heterocycles. The van der Waals surface area contributed by atoms with Gasteiger partial charge < -0.3 is 4.74 Å². The zero-order valence-electron chi connectivity index (χ0n) is 13.0. The number of Topliss-reactive ketones (excluding diaryl/α,β-unsaturated/α-hetero) is 1. The van der Waals surface area contributed by atoms with Crippen molar-refractivity contribution in [3.8, 4) is 0 Å². The Balaban J connectivity index is 2.10. The fraction of sp³-hybridized carbons (Fsp3) is 0.176. The summed E-state index contributed by atoms with van der Waals surface area (Å²) in [4.78, 5) is 24.4. The molecule has 2 aromatic rings. The third-order valence-electron chi connectivity index (χ3n) is 3.28. The van der Waals surface area contributed by atoms with Crippen LogP contribution in [0, 0.1) is 0 Å². The van der Waals surface area contributed by atoms with Crippen molar-refractivity contribution in [2.24, 2.45) is 0 Å². The van der Waals surface area contributed by atoms with Crippen LogP contribution in [0.4, 0.5) is 0 Å². The highest BCUT2D eigenvalue weighted by Crippen LogP contribution is 2.15. The van der Waals surface area contributed by atoms with Gasteiger partial charge in [-0.05, 0) is 43.3 Å². The number of hydrogen-bond donors (Lipinski definition) is 0. The molecule has 1 atom stereocenters. The van der Waals surface area contributed by atoms with E-state index in [9.17, 15) is 18.0 Å². The average molecular weight is 367 g/mol. The Labute approximate surface area is 145 Å². The van der Waals surface area contributed by atoms with Gasteiger partial charge in [-0.1, -0.05) is 23.7 Å². The second-order valence-electron chi connectivity index (χ2n) is 5.22. The molecule has 0 aliphatic heterocycles. The highest BCUT2D eigenvalue weighted by Gasteiger charge is 2.21. The Hall–Kier alpha value is -2.18. The van der Waals surface area contributed by atoms with Gasteiger partial charge in [-0.3, -0.25) is 4.79 Å². The van der Waals surface area contributed by atoms with Crippen LogP contribution in [-0.4, -0.2) is 32.5 Å². The molecular formula is C17H15ClO5S. The molecule has 0 amide bonds. The maximum absolute atomic E-state index is 12.2. The fourth-order valence-corrected chi connectivity index (χ4v) is 2.82. The van der Waals surface area contributed by atoms with Crippen molar-refractivity contribution in [3.63, 3.8) is 0 Å². The number of hydrogen-bond acceptors (Lipinski definition) is 5. The molecule has 0 spiro atoms. The third-order valence-corrected chi connectivity index (χ3v) is 4.64. The lowest BCUT2D eigenvalue weighted by Gasteiger charge is -2.12. The van der Waals surface area contributed by atoms with E-state index in [0.29, 0.717) is 10.6 Å². The van der Waals surface area contributed by atoms with E-state index in [-0.39, 0.29) is 16.2 Å². The van der Waals surface area contributed by atoms with E-state index in [4.69, 9.17) is 16.3 Å². The van der Waals surface area contributed by atoms with E-state index in [1.54, 1.807) is 18.2 Å². The molecular weight excluding hydrogens is 352 g/mol. The number of sulfone groups is 1. The largest absolute Gasteiger partial charge is 0.451 e. The van der Waals surface area contributed by atoms with Gasteiger partial charge in [0, 0.05) is 16.8 Å². The van der Waals surface area contributed by atoms with Crippen LogP contribution in [0.5, 0.6) is 0 Å². The molecule has 0 aliphatic rings. The smallest absolute Gasteiger partial charge is 0.338 e. The number of esters is 1. The van der Waals surface area contributed by atoms with Gasteiger partial charge in [0.2, 0.25) is 5.78 Å². The topological polar surface area (TPSA) is 77.5 Å². The molecule has 0 bridgehead atoms. The molecule has 0 radical (unpaired) electrons. The Bertz CT molecular complexity index is 872. The monoisotopic (exact) mass is 366 g/mol. The first-order chi connectivity index (χ1) is 11.2. The van der Waals surface area contributed by atoms with Crippen molar-refractivity contribution in [1.82, 2.24) is 0 Å².